The third kappa shape index (κ3) is 3.14. The molecule has 0 atom stereocenters. The lowest BCUT2D eigenvalue weighted by atomic mass is 10.1. The molecule has 1 rings (SSSR count). The van der Waals surface area contributed by atoms with E-state index in [4.69, 9.17) is 21.6 Å². The molecule has 1 aromatic carbocycles. The van der Waals surface area contributed by atoms with Gasteiger partial charge >= 0.3 is 0 Å². The predicted octanol–water partition coefficient (Wildman–Crippen LogP) is 1.94. The molecule has 84 valence electrons. The first-order valence-electron chi connectivity index (χ1n) is 4.61. The van der Waals surface area contributed by atoms with Gasteiger partial charge in [0.1, 0.15) is 11.6 Å². The number of hydrogen-bond donors (Lipinski definition) is 1. The monoisotopic (exact) mass is 238 g/mol. The van der Waals surface area contributed by atoms with Gasteiger partial charge in [-0.25, -0.2) is 0 Å². The van der Waals surface area contributed by atoms with Gasteiger partial charge in [0.05, 0.1) is 25.3 Å². The predicted molar refractivity (Wildman–Crippen MR) is 61.7 cm³/mol. The van der Waals surface area contributed by atoms with Crippen molar-refractivity contribution in [3.05, 3.63) is 23.8 Å². The van der Waals surface area contributed by atoms with E-state index in [0.717, 1.165) is 5.56 Å². The summed E-state index contributed by atoms with van der Waals surface area (Å²) in [5.74, 6) is 0.113. The number of alkyl halides is 1. The van der Waals surface area contributed by atoms with Gasteiger partial charge in [-0.2, -0.15) is 5.26 Å². The lowest BCUT2D eigenvalue weighted by Crippen LogP contribution is -2.13. The zero-order chi connectivity index (χ0) is 12.0. The zero-order valence-corrected chi connectivity index (χ0v) is 9.54. The number of halogens is 1. The molecule has 5 heteroatoms. The quantitative estimate of drug-likeness (QED) is 0.816. The third-order valence-corrected chi connectivity index (χ3v) is 2.19. The first kappa shape index (κ1) is 12.3. The summed E-state index contributed by atoms with van der Waals surface area (Å²) in [7, 11) is 1.50. The van der Waals surface area contributed by atoms with Crippen molar-refractivity contribution in [2.75, 3.05) is 18.3 Å². The first-order chi connectivity index (χ1) is 7.71. The number of hydrogen-bond acceptors (Lipinski definition) is 3. The lowest BCUT2D eigenvalue weighted by Gasteiger charge is -2.10. The van der Waals surface area contributed by atoms with Crippen LogP contribution < -0.4 is 10.1 Å². The Balaban J connectivity index is 2.93. The first-order valence-corrected chi connectivity index (χ1v) is 5.14. The molecule has 0 aromatic heterocycles. The fourth-order valence-electron chi connectivity index (χ4n) is 1.22. The molecule has 1 aromatic rings. The fraction of sp³-hybridized carbons (Fsp3) is 0.273. The number of benzene rings is 1. The second-order valence-electron chi connectivity index (χ2n) is 3.05. The highest BCUT2D eigenvalue weighted by atomic mass is 35.5. The Morgan fingerprint density at radius 1 is 1.62 bits per heavy atom. The van der Waals surface area contributed by atoms with Crippen molar-refractivity contribution < 1.29 is 9.53 Å². The van der Waals surface area contributed by atoms with Crippen LogP contribution in [0.3, 0.4) is 0 Å². The minimum Gasteiger partial charge on any atom is -0.495 e. The van der Waals surface area contributed by atoms with Crippen LogP contribution in [0.1, 0.15) is 5.56 Å². The summed E-state index contributed by atoms with van der Waals surface area (Å²) in [6, 6.07) is 7.21. The molecule has 0 aliphatic heterocycles. The second-order valence-corrected chi connectivity index (χ2v) is 3.32. The molecule has 0 aliphatic carbocycles. The third-order valence-electron chi connectivity index (χ3n) is 1.94. The van der Waals surface area contributed by atoms with Crippen LogP contribution in [-0.4, -0.2) is 18.9 Å². The molecule has 4 nitrogen and oxygen atoms in total. The number of anilines is 1. The Labute approximate surface area is 98.8 Å². The molecule has 0 saturated carbocycles. The van der Waals surface area contributed by atoms with Gasteiger partial charge in [0.2, 0.25) is 5.91 Å². The molecule has 1 amide bonds. The van der Waals surface area contributed by atoms with E-state index in [1.54, 1.807) is 18.2 Å². The molecule has 0 heterocycles. The van der Waals surface area contributed by atoms with Crippen molar-refractivity contribution in [1.82, 2.24) is 0 Å². The van der Waals surface area contributed by atoms with Crippen LogP contribution in [0.25, 0.3) is 0 Å². The van der Waals surface area contributed by atoms with E-state index in [0.29, 0.717) is 17.9 Å². The normalized spacial score (nSPS) is 9.31. The number of carbonyl (C=O) groups is 1. The standard InChI is InChI=1S/C11H11ClN2O2/c1-16-10-6-8(4-5-13)2-3-9(10)14-11(15)7-12/h2-3,6H,4,7H2,1H3,(H,14,15). The van der Waals surface area contributed by atoms with Crippen molar-refractivity contribution in [3.63, 3.8) is 0 Å². The Kier molecular flexibility index (Phi) is 4.62. The molecular weight excluding hydrogens is 228 g/mol. The summed E-state index contributed by atoms with van der Waals surface area (Å²) >= 11 is 5.38. The smallest absolute Gasteiger partial charge is 0.239 e. The lowest BCUT2D eigenvalue weighted by molar-refractivity contribution is -0.113. The number of methoxy groups -OCH3 is 1. The van der Waals surface area contributed by atoms with Gasteiger partial charge in [0.15, 0.2) is 0 Å². The molecule has 0 radical (unpaired) electrons. The van der Waals surface area contributed by atoms with Crippen LogP contribution in [0, 0.1) is 11.3 Å². The minimum absolute atomic E-state index is 0.108. The van der Waals surface area contributed by atoms with Crippen molar-refractivity contribution >= 4 is 23.2 Å². The number of amides is 1. The van der Waals surface area contributed by atoms with Gasteiger partial charge < -0.3 is 10.1 Å². The number of carbonyl (C=O) groups excluding carboxylic acids is 1. The summed E-state index contributed by atoms with van der Waals surface area (Å²) in [6.45, 7) is 0. The van der Waals surface area contributed by atoms with Gasteiger partial charge in [-0.05, 0) is 17.7 Å². The maximum Gasteiger partial charge on any atom is 0.239 e. The van der Waals surface area contributed by atoms with Crippen LogP contribution >= 0.6 is 11.6 Å². The van der Waals surface area contributed by atoms with E-state index >= 15 is 0 Å². The highest BCUT2D eigenvalue weighted by Crippen LogP contribution is 2.25. The van der Waals surface area contributed by atoms with Gasteiger partial charge in [0, 0.05) is 0 Å². The minimum atomic E-state index is -0.298. The van der Waals surface area contributed by atoms with Crippen molar-refractivity contribution in [3.8, 4) is 11.8 Å². The number of nitrogens with one attached hydrogen (secondary N) is 1. The maximum absolute atomic E-state index is 11.1. The Morgan fingerprint density at radius 3 is 2.94 bits per heavy atom. The number of nitriles is 1. The van der Waals surface area contributed by atoms with Crippen LogP contribution in [0.15, 0.2) is 18.2 Å². The fourth-order valence-corrected chi connectivity index (χ4v) is 1.29. The van der Waals surface area contributed by atoms with E-state index < -0.39 is 0 Å². The summed E-state index contributed by atoms with van der Waals surface area (Å²) in [6.07, 6.45) is 0.306. The number of ether oxygens (including phenoxy) is 1. The van der Waals surface area contributed by atoms with Crippen LogP contribution in [0.2, 0.25) is 0 Å². The molecule has 0 bridgehead atoms. The van der Waals surface area contributed by atoms with E-state index in [1.807, 2.05) is 6.07 Å². The summed E-state index contributed by atoms with van der Waals surface area (Å²) in [4.78, 5) is 11.1. The Hall–Kier alpha value is -1.73. The maximum atomic E-state index is 11.1. The average Bonchev–Trinajstić information content (AvgIpc) is 2.31. The van der Waals surface area contributed by atoms with Gasteiger partial charge in [-0.15, -0.1) is 11.6 Å². The molecular formula is C11H11ClN2O2. The molecule has 0 spiro atoms. The molecule has 1 N–H and O–H groups in total. The molecule has 0 saturated heterocycles. The van der Waals surface area contributed by atoms with E-state index in [1.165, 1.54) is 7.11 Å². The largest absolute Gasteiger partial charge is 0.495 e. The Morgan fingerprint density at radius 2 is 2.38 bits per heavy atom. The van der Waals surface area contributed by atoms with Gasteiger partial charge in [-0.3, -0.25) is 4.79 Å². The van der Waals surface area contributed by atoms with Crippen LogP contribution in [-0.2, 0) is 11.2 Å². The summed E-state index contributed by atoms with van der Waals surface area (Å²) in [5, 5.41) is 11.2. The van der Waals surface area contributed by atoms with E-state index in [2.05, 4.69) is 5.32 Å². The van der Waals surface area contributed by atoms with Gasteiger partial charge in [-0.1, -0.05) is 6.07 Å². The molecule has 0 aliphatic rings. The number of rotatable bonds is 4. The zero-order valence-electron chi connectivity index (χ0n) is 8.79. The molecule has 0 fully saturated rings. The summed E-state index contributed by atoms with van der Waals surface area (Å²) in [5.41, 5.74) is 1.39. The average molecular weight is 239 g/mol. The van der Waals surface area contributed by atoms with Gasteiger partial charge in [0.25, 0.3) is 0 Å². The van der Waals surface area contributed by atoms with E-state index in [-0.39, 0.29) is 11.8 Å². The van der Waals surface area contributed by atoms with Crippen molar-refractivity contribution in [2.24, 2.45) is 0 Å². The number of nitrogens with zero attached hydrogens (tertiary/aromatic N) is 1. The van der Waals surface area contributed by atoms with Crippen LogP contribution in [0.5, 0.6) is 5.75 Å². The van der Waals surface area contributed by atoms with Crippen molar-refractivity contribution in [2.45, 2.75) is 6.42 Å². The molecule has 16 heavy (non-hydrogen) atoms. The van der Waals surface area contributed by atoms with Crippen molar-refractivity contribution in [1.29, 1.82) is 5.26 Å². The summed E-state index contributed by atoms with van der Waals surface area (Å²) < 4.78 is 5.11. The van der Waals surface area contributed by atoms with Crippen LogP contribution in [0.4, 0.5) is 5.69 Å². The molecule has 0 unspecified atom stereocenters. The highest BCUT2D eigenvalue weighted by molar-refractivity contribution is 6.29. The van der Waals surface area contributed by atoms with E-state index in [9.17, 15) is 4.79 Å². The Bertz CT molecular complexity index is 426. The second kappa shape index (κ2) is 5.99. The SMILES string of the molecule is COc1cc(CC#N)ccc1NC(=O)CCl. The highest BCUT2D eigenvalue weighted by Gasteiger charge is 2.07. The topological polar surface area (TPSA) is 62.1 Å².